The van der Waals surface area contributed by atoms with Crippen LogP contribution in [0.1, 0.15) is 23.9 Å². The summed E-state index contributed by atoms with van der Waals surface area (Å²) in [6, 6.07) is 7.87. The Kier molecular flexibility index (Phi) is 3.47. The lowest BCUT2D eigenvalue weighted by Crippen LogP contribution is -2.24. The summed E-state index contributed by atoms with van der Waals surface area (Å²) >= 11 is 0. The Morgan fingerprint density at radius 2 is 2.24 bits per heavy atom. The largest absolute Gasteiger partial charge is 0.497 e. The summed E-state index contributed by atoms with van der Waals surface area (Å²) in [7, 11) is 1.63. The van der Waals surface area contributed by atoms with Gasteiger partial charge in [-0.05, 0) is 24.1 Å². The number of ether oxygens (including phenoxy) is 1. The maximum absolute atomic E-state index is 10.8. The predicted molar refractivity (Wildman–Crippen MR) is 75.6 cm³/mol. The Morgan fingerprint density at radius 1 is 1.48 bits per heavy atom. The first kappa shape index (κ1) is 13.4. The van der Waals surface area contributed by atoms with E-state index in [-0.39, 0.29) is 12.5 Å². The molecule has 0 spiro atoms. The molecule has 0 saturated carbocycles. The van der Waals surface area contributed by atoms with E-state index in [1.54, 1.807) is 11.8 Å². The Labute approximate surface area is 121 Å². The molecule has 110 valence electrons. The molecule has 3 rings (SSSR count). The number of rotatable bonds is 4. The van der Waals surface area contributed by atoms with Gasteiger partial charge in [0.05, 0.1) is 13.2 Å². The zero-order chi connectivity index (χ0) is 14.8. The third-order valence-corrected chi connectivity index (χ3v) is 3.48. The van der Waals surface area contributed by atoms with E-state index in [2.05, 4.69) is 15.4 Å². The van der Waals surface area contributed by atoms with Gasteiger partial charge in [-0.1, -0.05) is 12.1 Å². The molecule has 1 unspecified atom stereocenters. The van der Waals surface area contributed by atoms with Gasteiger partial charge >= 0.3 is 5.97 Å². The maximum Gasteiger partial charge on any atom is 0.311 e. The zero-order valence-electron chi connectivity index (χ0n) is 11.6. The van der Waals surface area contributed by atoms with Gasteiger partial charge in [0.2, 0.25) is 5.95 Å². The maximum atomic E-state index is 10.8. The molecule has 2 heterocycles. The molecular formula is C14H16N4O3. The molecule has 7 heteroatoms. The first-order valence-corrected chi connectivity index (χ1v) is 6.72. The number of carboxylic acid groups (broad SMARTS) is 1. The highest BCUT2D eigenvalue weighted by Crippen LogP contribution is 2.29. The second kappa shape index (κ2) is 5.43. The minimum Gasteiger partial charge on any atom is -0.497 e. The van der Waals surface area contributed by atoms with Crippen LogP contribution in [0.5, 0.6) is 5.75 Å². The first-order chi connectivity index (χ1) is 10.2. The van der Waals surface area contributed by atoms with Gasteiger partial charge < -0.3 is 15.2 Å². The van der Waals surface area contributed by atoms with E-state index < -0.39 is 5.97 Å². The van der Waals surface area contributed by atoms with Crippen LogP contribution in [-0.4, -0.2) is 39.5 Å². The average molecular weight is 288 g/mol. The Hall–Kier alpha value is -2.57. The summed E-state index contributed by atoms with van der Waals surface area (Å²) in [5.41, 5.74) is 1.10. The third-order valence-electron chi connectivity index (χ3n) is 3.48. The van der Waals surface area contributed by atoms with Gasteiger partial charge in [-0.3, -0.25) is 4.79 Å². The number of hydrogen-bond donors (Lipinski definition) is 2. The molecule has 0 saturated heterocycles. The topological polar surface area (TPSA) is 89.3 Å². The molecule has 21 heavy (non-hydrogen) atoms. The van der Waals surface area contributed by atoms with E-state index in [0.717, 1.165) is 24.3 Å². The van der Waals surface area contributed by atoms with Crippen LogP contribution in [0.15, 0.2) is 24.3 Å². The van der Waals surface area contributed by atoms with Crippen LogP contribution in [-0.2, 0) is 11.2 Å². The number of nitrogens with one attached hydrogen (secondary N) is 1. The molecular weight excluding hydrogens is 272 g/mol. The molecule has 0 aliphatic carbocycles. The lowest BCUT2D eigenvalue weighted by atomic mass is 10.0. The van der Waals surface area contributed by atoms with Gasteiger partial charge in [0.15, 0.2) is 5.82 Å². The van der Waals surface area contributed by atoms with Crippen molar-refractivity contribution >= 4 is 11.9 Å². The molecule has 7 nitrogen and oxygen atoms in total. The van der Waals surface area contributed by atoms with Crippen LogP contribution >= 0.6 is 0 Å². The fraction of sp³-hybridized carbons (Fsp3) is 0.357. The van der Waals surface area contributed by atoms with E-state index in [4.69, 9.17) is 9.84 Å². The summed E-state index contributed by atoms with van der Waals surface area (Å²) in [5, 5.41) is 16.3. The smallest absolute Gasteiger partial charge is 0.311 e. The summed E-state index contributed by atoms with van der Waals surface area (Å²) in [6.07, 6.45) is 0.701. The first-order valence-electron chi connectivity index (χ1n) is 6.72. The number of aromatic nitrogens is 3. The normalized spacial score (nSPS) is 16.9. The van der Waals surface area contributed by atoms with Crippen molar-refractivity contribution in [1.29, 1.82) is 0 Å². The van der Waals surface area contributed by atoms with E-state index in [0.29, 0.717) is 11.8 Å². The lowest BCUT2D eigenvalue weighted by molar-refractivity contribution is -0.136. The Balaban J connectivity index is 1.91. The summed E-state index contributed by atoms with van der Waals surface area (Å²) < 4.78 is 6.93. The van der Waals surface area contributed by atoms with Crippen LogP contribution < -0.4 is 10.1 Å². The molecule has 1 aromatic carbocycles. The lowest BCUT2D eigenvalue weighted by Gasteiger charge is -2.24. The average Bonchev–Trinajstić information content (AvgIpc) is 2.88. The van der Waals surface area contributed by atoms with Gasteiger partial charge in [0, 0.05) is 6.54 Å². The molecule has 0 radical (unpaired) electrons. The van der Waals surface area contributed by atoms with Crippen molar-refractivity contribution in [2.45, 2.75) is 18.9 Å². The zero-order valence-corrected chi connectivity index (χ0v) is 11.6. The number of fused-ring (bicyclic) bond motifs is 1. The number of anilines is 1. The molecule has 0 bridgehead atoms. The van der Waals surface area contributed by atoms with Crippen molar-refractivity contribution in [1.82, 2.24) is 14.8 Å². The molecule has 0 amide bonds. The van der Waals surface area contributed by atoms with Crippen molar-refractivity contribution in [3.63, 3.8) is 0 Å². The SMILES string of the molecule is COc1ccc(C2CCNc3nc(CC(=O)O)nn32)cc1. The van der Waals surface area contributed by atoms with Gasteiger partial charge in [-0.2, -0.15) is 10.1 Å². The third kappa shape index (κ3) is 2.67. The molecule has 1 aliphatic rings. The van der Waals surface area contributed by atoms with Gasteiger partial charge in [0.25, 0.3) is 0 Å². The fourth-order valence-corrected chi connectivity index (χ4v) is 2.49. The Bertz CT molecular complexity index is 651. The van der Waals surface area contributed by atoms with E-state index >= 15 is 0 Å². The number of nitrogens with zero attached hydrogens (tertiary/aromatic N) is 3. The molecule has 1 aromatic heterocycles. The van der Waals surface area contributed by atoms with Gasteiger partial charge in [-0.25, -0.2) is 4.68 Å². The predicted octanol–water partition coefficient (Wildman–Crippen LogP) is 1.32. The Morgan fingerprint density at radius 3 is 2.90 bits per heavy atom. The van der Waals surface area contributed by atoms with Crippen molar-refractivity contribution in [3.05, 3.63) is 35.7 Å². The van der Waals surface area contributed by atoms with E-state index in [9.17, 15) is 4.79 Å². The van der Waals surface area contributed by atoms with Gasteiger partial charge in [0.1, 0.15) is 12.2 Å². The highest BCUT2D eigenvalue weighted by atomic mass is 16.5. The van der Waals surface area contributed by atoms with Crippen molar-refractivity contribution in [3.8, 4) is 5.75 Å². The molecule has 2 aromatic rings. The quantitative estimate of drug-likeness (QED) is 0.882. The standard InChI is InChI=1S/C14H16N4O3/c1-21-10-4-2-9(3-5-10)11-6-7-15-14-16-12(8-13(19)20)17-18(11)14/h2-5,11H,6-8H2,1H3,(H,19,20)(H,15,16,17). The van der Waals surface area contributed by atoms with E-state index in [1.165, 1.54) is 0 Å². The number of carbonyl (C=O) groups is 1. The van der Waals surface area contributed by atoms with Crippen molar-refractivity contribution < 1.29 is 14.6 Å². The second-order valence-corrected chi connectivity index (χ2v) is 4.87. The summed E-state index contributed by atoms with van der Waals surface area (Å²) in [5.74, 6) is 0.820. The van der Waals surface area contributed by atoms with Crippen LogP contribution in [0.2, 0.25) is 0 Å². The molecule has 1 atom stereocenters. The number of hydrogen-bond acceptors (Lipinski definition) is 5. The van der Waals surface area contributed by atoms with Crippen LogP contribution in [0.25, 0.3) is 0 Å². The number of methoxy groups -OCH3 is 1. The highest BCUT2D eigenvalue weighted by Gasteiger charge is 2.24. The fourth-order valence-electron chi connectivity index (χ4n) is 2.49. The van der Waals surface area contributed by atoms with Crippen LogP contribution in [0.3, 0.4) is 0 Å². The molecule has 2 N–H and O–H groups in total. The van der Waals surface area contributed by atoms with Gasteiger partial charge in [-0.15, -0.1) is 0 Å². The molecule has 0 fully saturated rings. The minimum atomic E-state index is -0.932. The van der Waals surface area contributed by atoms with Crippen molar-refractivity contribution in [2.75, 3.05) is 19.0 Å². The highest BCUT2D eigenvalue weighted by molar-refractivity contribution is 5.69. The number of carboxylic acids is 1. The number of benzene rings is 1. The number of aliphatic carboxylic acids is 1. The van der Waals surface area contributed by atoms with Crippen molar-refractivity contribution in [2.24, 2.45) is 0 Å². The monoisotopic (exact) mass is 288 g/mol. The second-order valence-electron chi connectivity index (χ2n) is 4.87. The van der Waals surface area contributed by atoms with Crippen LogP contribution in [0.4, 0.5) is 5.95 Å². The van der Waals surface area contributed by atoms with Crippen LogP contribution in [0, 0.1) is 0 Å². The summed E-state index contributed by atoms with van der Waals surface area (Å²) in [4.78, 5) is 15.0. The minimum absolute atomic E-state index is 0.0576. The van der Waals surface area contributed by atoms with E-state index in [1.807, 2.05) is 24.3 Å². The molecule has 1 aliphatic heterocycles. The summed E-state index contributed by atoms with van der Waals surface area (Å²) in [6.45, 7) is 0.780.